The zero-order chi connectivity index (χ0) is 12.9. The van der Waals surface area contributed by atoms with Crippen molar-refractivity contribution in [3.63, 3.8) is 0 Å². The molecule has 1 saturated carbocycles. The molecule has 2 aliphatic carbocycles. The molecule has 0 amide bonds. The van der Waals surface area contributed by atoms with Gasteiger partial charge in [0, 0.05) is 6.04 Å². The normalized spacial score (nSPS) is 18.9. The summed E-state index contributed by atoms with van der Waals surface area (Å²) >= 11 is 0. The zero-order valence-corrected chi connectivity index (χ0v) is 12.1. The van der Waals surface area contributed by atoms with Crippen LogP contribution in [0.5, 0.6) is 0 Å². The molecule has 0 bridgehead atoms. The van der Waals surface area contributed by atoms with Gasteiger partial charge in [-0.15, -0.1) is 0 Å². The van der Waals surface area contributed by atoms with Gasteiger partial charge in [-0.05, 0) is 74.6 Å². The molecule has 0 atom stereocenters. The minimum Gasteiger partial charge on any atom is -0.314 e. The monoisotopic (exact) mass is 257 g/mol. The molecule has 19 heavy (non-hydrogen) atoms. The predicted molar refractivity (Wildman–Crippen MR) is 81.7 cm³/mol. The number of rotatable bonds is 6. The van der Waals surface area contributed by atoms with Crippen molar-refractivity contribution in [2.75, 3.05) is 6.54 Å². The lowest BCUT2D eigenvalue weighted by Crippen LogP contribution is -2.26. The van der Waals surface area contributed by atoms with Crippen LogP contribution in [-0.4, -0.2) is 12.6 Å². The number of unbranched alkanes of at least 4 members (excludes halogenated alkanes) is 1. The molecule has 0 unspecified atom stereocenters. The van der Waals surface area contributed by atoms with Gasteiger partial charge in [0.15, 0.2) is 0 Å². The van der Waals surface area contributed by atoms with Gasteiger partial charge >= 0.3 is 0 Å². The first kappa shape index (κ1) is 13.2. The van der Waals surface area contributed by atoms with Crippen molar-refractivity contribution in [1.29, 1.82) is 0 Å². The smallest absolute Gasteiger partial charge is 0.00670 e. The Bertz CT molecular complexity index is 404. The SMILES string of the molecule is c1cc2c(cc1CCCCNC1CCCC1)CCC2. The van der Waals surface area contributed by atoms with Crippen molar-refractivity contribution in [1.82, 2.24) is 5.32 Å². The summed E-state index contributed by atoms with van der Waals surface area (Å²) in [6.45, 7) is 1.22. The number of fused-ring (bicyclic) bond motifs is 1. The van der Waals surface area contributed by atoms with Crippen molar-refractivity contribution < 1.29 is 0 Å². The van der Waals surface area contributed by atoms with Gasteiger partial charge in [0.1, 0.15) is 0 Å². The molecule has 104 valence electrons. The first-order chi connectivity index (χ1) is 9.42. The van der Waals surface area contributed by atoms with Crippen LogP contribution < -0.4 is 5.32 Å². The Labute approximate surface area is 117 Å². The lowest BCUT2D eigenvalue weighted by atomic mass is 10.0. The van der Waals surface area contributed by atoms with Crippen molar-refractivity contribution in [2.24, 2.45) is 0 Å². The van der Waals surface area contributed by atoms with Gasteiger partial charge in [0.2, 0.25) is 0 Å². The maximum atomic E-state index is 3.71. The largest absolute Gasteiger partial charge is 0.314 e. The fourth-order valence-corrected chi connectivity index (χ4v) is 3.67. The van der Waals surface area contributed by atoms with Gasteiger partial charge in [0.05, 0.1) is 0 Å². The van der Waals surface area contributed by atoms with E-state index in [1.54, 1.807) is 16.7 Å². The van der Waals surface area contributed by atoms with Crippen LogP contribution in [0.15, 0.2) is 18.2 Å². The van der Waals surface area contributed by atoms with Gasteiger partial charge in [-0.1, -0.05) is 31.0 Å². The summed E-state index contributed by atoms with van der Waals surface area (Å²) in [5.41, 5.74) is 4.79. The van der Waals surface area contributed by atoms with E-state index >= 15 is 0 Å². The summed E-state index contributed by atoms with van der Waals surface area (Å²) < 4.78 is 0. The minimum absolute atomic E-state index is 0.833. The van der Waals surface area contributed by atoms with Crippen LogP contribution in [0.4, 0.5) is 0 Å². The second-order valence-electron chi connectivity index (χ2n) is 6.35. The quantitative estimate of drug-likeness (QED) is 0.759. The second-order valence-corrected chi connectivity index (χ2v) is 6.35. The highest BCUT2D eigenvalue weighted by molar-refractivity contribution is 5.35. The molecule has 1 nitrogen and oxygen atoms in total. The van der Waals surface area contributed by atoms with Gasteiger partial charge in [-0.3, -0.25) is 0 Å². The summed E-state index contributed by atoms with van der Waals surface area (Å²) in [6.07, 6.45) is 13.6. The van der Waals surface area contributed by atoms with Crippen molar-refractivity contribution in [2.45, 2.75) is 70.3 Å². The fourth-order valence-electron chi connectivity index (χ4n) is 3.67. The Hall–Kier alpha value is -0.820. The molecule has 1 aromatic rings. The van der Waals surface area contributed by atoms with Crippen LogP contribution in [-0.2, 0) is 19.3 Å². The average molecular weight is 257 g/mol. The van der Waals surface area contributed by atoms with E-state index in [-0.39, 0.29) is 0 Å². The molecule has 0 aliphatic heterocycles. The second kappa shape index (κ2) is 6.56. The van der Waals surface area contributed by atoms with Crippen LogP contribution in [0.3, 0.4) is 0 Å². The highest BCUT2D eigenvalue weighted by atomic mass is 14.9. The average Bonchev–Trinajstić information content (AvgIpc) is 3.08. The topological polar surface area (TPSA) is 12.0 Å². The molecule has 3 rings (SSSR count). The Morgan fingerprint density at radius 1 is 0.947 bits per heavy atom. The van der Waals surface area contributed by atoms with E-state index < -0.39 is 0 Å². The summed E-state index contributed by atoms with van der Waals surface area (Å²) in [7, 11) is 0. The third-order valence-electron chi connectivity index (χ3n) is 4.84. The van der Waals surface area contributed by atoms with Gasteiger partial charge in [-0.2, -0.15) is 0 Å². The van der Waals surface area contributed by atoms with Crippen LogP contribution >= 0.6 is 0 Å². The lowest BCUT2D eigenvalue weighted by molar-refractivity contribution is 0.508. The Morgan fingerprint density at radius 3 is 2.68 bits per heavy atom. The van der Waals surface area contributed by atoms with Gasteiger partial charge in [-0.25, -0.2) is 0 Å². The van der Waals surface area contributed by atoms with Crippen molar-refractivity contribution >= 4 is 0 Å². The van der Waals surface area contributed by atoms with E-state index in [0.29, 0.717) is 0 Å². The number of aryl methyl sites for hydroxylation is 3. The van der Waals surface area contributed by atoms with Crippen LogP contribution in [0.25, 0.3) is 0 Å². The van der Waals surface area contributed by atoms with Crippen molar-refractivity contribution in [3.8, 4) is 0 Å². The Kier molecular flexibility index (Phi) is 4.55. The molecule has 1 aromatic carbocycles. The first-order valence-corrected chi connectivity index (χ1v) is 8.26. The van der Waals surface area contributed by atoms with E-state index in [2.05, 4.69) is 23.5 Å². The number of benzene rings is 1. The van der Waals surface area contributed by atoms with E-state index in [1.807, 2.05) is 0 Å². The molecule has 0 aromatic heterocycles. The molecule has 1 N–H and O–H groups in total. The number of nitrogens with one attached hydrogen (secondary N) is 1. The van der Waals surface area contributed by atoms with Crippen molar-refractivity contribution in [3.05, 3.63) is 34.9 Å². The van der Waals surface area contributed by atoms with E-state index in [4.69, 9.17) is 0 Å². The molecule has 2 aliphatic rings. The molecule has 1 fully saturated rings. The third kappa shape index (κ3) is 3.60. The highest BCUT2D eigenvalue weighted by Crippen LogP contribution is 2.23. The standard InChI is InChI=1S/C18H27N/c1-2-10-18(9-1)19-13-4-3-6-15-11-12-16-7-5-8-17(16)14-15/h11-12,14,18-19H,1-10,13H2. The van der Waals surface area contributed by atoms with E-state index in [0.717, 1.165) is 6.04 Å². The highest BCUT2D eigenvalue weighted by Gasteiger charge is 2.13. The molecule has 0 spiro atoms. The summed E-state index contributed by atoms with van der Waals surface area (Å²) in [6, 6.07) is 8.02. The Morgan fingerprint density at radius 2 is 1.79 bits per heavy atom. The molecule has 1 heteroatoms. The van der Waals surface area contributed by atoms with Crippen LogP contribution in [0.1, 0.15) is 61.6 Å². The molecular formula is C18H27N. The maximum absolute atomic E-state index is 3.71. The van der Waals surface area contributed by atoms with Gasteiger partial charge < -0.3 is 5.32 Å². The van der Waals surface area contributed by atoms with E-state index in [9.17, 15) is 0 Å². The minimum atomic E-state index is 0.833. The molecule has 0 radical (unpaired) electrons. The lowest BCUT2D eigenvalue weighted by Gasteiger charge is -2.11. The molecule has 0 heterocycles. The first-order valence-electron chi connectivity index (χ1n) is 8.26. The van der Waals surface area contributed by atoms with E-state index in [1.165, 1.54) is 70.8 Å². The summed E-state index contributed by atoms with van der Waals surface area (Å²) in [5, 5.41) is 3.71. The number of hydrogen-bond acceptors (Lipinski definition) is 1. The van der Waals surface area contributed by atoms with Crippen LogP contribution in [0, 0.1) is 0 Å². The fraction of sp³-hybridized carbons (Fsp3) is 0.667. The van der Waals surface area contributed by atoms with Crippen LogP contribution in [0.2, 0.25) is 0 Å². The molecular weight excluding hydrogens is 230 g/mol. The van der Waals surface area contributed by atoms with Gasteiger partial charge in [0.25, 0.3) is 0 Å². The number of hydrogen-bond donors (Lipinski definition) is 1. The zero-order valence-electron chi connectivity index (χ0n) is 12.1. The third-order valence-corrected chi connectivity index (χ3v) is 4.84. The summed E-state index contributed by atoms with van der Waals surface area (Å²) in [5.74, 6) is 0. The summed E-state index contributed by atoms with van der Waals surface area (Å²) in [4.78, 5) is 0. The Balaban J connectivity index is 1.35. The maximum Gasteiger partial charge on any atom is 0.00670 e. The predicted octanol–water partition coefficient (Wildman–Crippen LogP) is 4.03. The molecule has 0 saturated heterocycles.